The third-order valence-corrected chi connectivity index (χ3v) is 4.08. The smallest absolute Gasteiger partial charge is 0.250 e. The van der Waals surface area contributed by atoms with Crippen LogP contribution in [-0.2, 0) is 6.54 Å². The van der Waals surface area contributed by atoms with Crippen LogP contribution in [0.25, 0.3) is 0 Å². The number of aliphatic hydroxyl groups excluding tert-OH is 1. The van der Waals surface area contributed by atoms with E-state index >= 15 is 0 Å². The lowest BCUT2D eigenvalue weighted by atomic mass is 9.83. The highest BCUT2D eigenvalue weighted by atomic mass is 16.3. The van der Waals surface area contributed by atoms with E-state index < -0.39 is 0 Å². The van der Waals surface area contributed by atoms with Gasteiger partial charge in [-0.2, -0.15) is 0 Å². The lowest BCUT2D eigenvalue weighted by Crippen LogP contribution is -2.48. The number of piperidine rings is 1. The highest BCUT2D eigenvalue weighted by molar-refractivity contribution is 5.16. The summed E-state index contributed by atoms with van der Waals surface area (Å²) in [6, 6.07) is 5.59. The number of pyridine rings is 1. The van der Waals surface area contributed by atoms with Crippen LogP contribution in [0, 0.1) is 5.92 Å². The number of rotatable bonds is 2. The van der Waals surface area contributed by atoms with Crippen LogP contribution in [0.3, 0.4) is 0 Å². The van der Waals surface area contributed by atoms with Gasteiger partial charge in [0.2, 0.25) is 0 Å². The van der Waals surface area contributed by atoms with Gasteiger partial charge in [-0.3, -0.25) is 9.69 Å². The zero-order valence-corrected chi connectivity index (χ0v) is 10.7. The van der Waals surface area contributed by atoms with E-state index in [0.29, 0.717) is 11.8 Å². The number of β-amino-alcohol motifs (C(OH)–C–C–N with tert-alkyl or cyclic N) is 1. The Balaban J connectivity index is 1.88. The highest BCUT2D eigenvalue weighted by Gasteiger charge is 2.34. The van der Waals surface area contributed by atoms with Gasteiger partial charge in [0.05, 0.1) is 6.10 Å². The molecule has 3 rings (SSSR count). The first kappa shape index (κ1) is 11.9. The Hall–Kier alpha value is -1.13. The molecule has 0 aromatic carbocycles. The Kier molecular flexibility index (Phi) is 2.99. The molecule has 0 radical (unpaired) electrons. The van der Waals surface area contributed by atoms with Crippen LogP contribution >= 0.6 is 0 Å². The van der Waals surface area contributed by atoms with Crippen molar-refractivity contribution >= 4 is 0 Å². The summed E-state index contributed by atoms with van der Waals surface area (Å²) in [4.78, 5) is 14.2. The minimum absolute atomic E-state index is 0.131. The van der Waals surface area contributed by atoms with Crippen molar-refractivity contribution in [3.63, 3.8) is 0 Å². The number of aliphatic hydroxyl groups is 1. The molecule has 2 bridgehead atoms. The van der Waals surface area contributed by atoms with Crippen molar-refractivity contribution in [3.05, 3.63) is 34.2 Å². The van der Waals surface area contributed by atoms with Gasteiger partial charge in [-0.15, -0.1) is 0 Å². The average molecular weight is 248 g/mol. The molecule has 98 valence electrons. The fourth-order valence-corrected chi connectivity index (χ4v) is 3.52. The molecule has 0 spiro atoms. The number of aromatic nitrogens is 1. The maximum Gasteiger partial charge on any atom is 0.250 e. The SMILES string of the molecule is C[C@@H](O)CN1C[C@@H]2C[C@@H](C1)c1cccc(=O)n1C2. The standard InChI is InChI=1S/C14H20N2O2/c1-10(17)6-15-7-11-5-12(9-15)13-3-2-4-14(18)16(13)8-11/h2-4,10-12,17H,5-9H2,1H3/t10-,11+,12+/m1/s1. The van der Waals surface area contributed by atoms with Crippen molar-refractivity contribution in [2.45, 2.75) is 31.9 Å². The zero-order chi connectivity index (χ0) is 12.7. The van der Waals surface area contributed by atoms with Crippen molar-refractivity contribution in [2.24, 2.45) is 5.92 Å². The van der Waals surface area contributed by atoms with E-state index in [1.165, 1.54) is 12.1 Å². The fraction of sp³-hybridized carbons (Fsp3) is 0.643. The maximum atomic E-state index is 11.9. The minimum atomic E-state index is -0.276. The third-order valence-electron chi connectivity index (χ3n) is 4.08. The van der Waals surface area contributed by atoms with Crippen LogP contribution in [0.15, 0.2) is 23.0 Å². The summed E-state index contributed by atoms with van der Waals surface area (Å²) < 4.78 is 1.94. The van der Waals surface area contributed by atoms with Gasteiger partial charge in [0.1, 0.15) is 0 Å². The molecule has 1 aromatic rings. The monoisotopic (exact) mass is 248 g/mol. The minimum Gasteiger partial charge on any atom is -0.392 e. The fourth-order valence-electron chi connectivity index (χ4n) is 3.52. The van der Waals surface area contributed by atoms with E-state index in [9.17, 15) is 9.90 Å². The van der Waals surface area contributed by atoms with Crippen LogP contribution in [-0.4, -0.2) is 40.3 Å². The van der Waals surface area contributed by atoms with E-state index in [0.717, 1.165) is 26.2 Å². The predicted molar refractivity (Wildman–Crippen MR) is 69.7 cm³/mol. The summed E-state index contributed by atoms with van der Waals surface area (Å²) >= 11 is 0. The molecule has 0 aliphatic carbocycles. The molecule has 18 heavy (non-hydrogen) atoms. The largest absolute Gasteiger partial charge is 0.392 e. The number of fused-ring (bicyclic) bond motifs is 4. The summed E-state index contributed by atoms with van der Waals surface area (Å²) in [7, 11) is 0. The molecule has 2 aliphatic heterocycles. The van der Waals surface area contributed by atoms with Gasteiger partial charge in [-0.1, -0.05) is 6.07 Å². The second-order valence-electron chi connectivity index (χ2n) is 5.77. The molecule has 3 atom stereocenters. The van der Waals surface area contributed by atoms with Gasteiger partial charge in [0.15, 0.2) is 0 Å². The molecule has 4 nitrogen and oxygen atoms in total. The number of hydrogen-bond acceptors (Lipinski definition) is 3. The molecule has 0 unspecified atom stereocenters. The van der Waals surface area contributed by atoms with E-state index in [2.05, 4.69) is 11.0 Å². The zero-order valence-electron chi connectivity index (χ0n) is 10.7. The normalized spacial score (nSPS) is 28.8. The van der Waals surface area contributed by atoms with Crippen molar-refractivity contribution in [3.8, 4) is 0 Å². The number of nitrogens with zero attached hydrogens (tertiary/aromatic N) is 2. The predicted octanol–water partition coefficient (Wildman–Crippen LogP) is 0.648. The molecule has 0 amide bonds. The van der Waals surface area contributed by atoms with Crippen LogP contribution in [0.2, 0.25) is 0 Å². The van der Waals surface area contributed by atoms with E-state index in [1.807, 2.05) is 17.6 Å². The molecule has 4 heteroatoms. The van der Waals surface area contributed by atoms with Gasteiger partial charge < -0.3 is 9.67 Å². The molecule has 1 N–H and O–H groups in total. The van der Waals surface area contributed by atoms with E-state index in [1.54, 1.807) is 6.07 Å². The molecule has 2 aliphatic rings. The Bertz CT molecular complexity index is 495. The van der Waals surface area contributed by atoms with Crippen LogP contribution in [0.4, 0.5) is 0 Å². The van der Waals surface area contributed by atoms with Gasteiger partial charge in [-0.05, 0) is 25.3 Å². The quantitative estimate of drug-likeness (QED) is 0.836. The Morgan fingerprint density at radius 3 is 3.00 bits per heavy atom. The number of hydrogen-bond donors (Lipinski definition) is 1. The average Bonchev–Trinajstić information content (AvgIpc) is 2.29. The topological polar surface area (TPSA) is 45.5 Å². The molecular formula is C14H20N2O2. The van der Waals surface area contributed by atoms with Crippen LogP contribution in [0.1, 0.15) is 25.0 Å². The van der Waals surface area contributed by atoms with Gasteiger partial charge in [0.25, 0.3) is 5.56 Å². The summed E-state index contributed by atoms with van der Waals surface area (Å²) in [5, 5.41) is 9.51. The Labute approximate surface area is 107 Å². The highest BCUT2D eigenvalue weighted by Crippen LogP contribution is 2.34. The summed E-state index contributed by atoms with van der Waals surface area (Å²) in [6.07, 6.45) is 0.904. The van der Waals surface area contributed by atoms with E-state index in [4.69, 9.17) is 0 Å². The van der Waals surface area contributed by atoms with Crippen LogP contribution in [0.5, 0.6) is 0 Å². The first-order chi connectivity index (χ1) is 8.63. The molecule has 1 aromatic heterocycles. The van der Waals surface area contributed by atoms with Crippen molar-refractivity contribution in [1.29, 1.82) is 0 Å². The Morgan fingerprint density at radius 1 is 1.39 bits per heavy atom. The molecule has 3 heterocycles. The second kappa shape index (κ2) is 4.52. The second-order valence-corrected chi connectivity index (χ2v) is 5.77. The van der Waals surface area contributed by atoms with Gasteiger partial charge in [-0.25, -0.2) is 0 Å². The van der Waals surface area contributed by atoms with Gasteiger partial charge in [0, 0.05) is 43.9 Å². The van der Waals surface area contributed by atoms with Crippen LogP contribution < -0.4 is 5.56 Å². The van der Waals surface area contributed by atoms with Crippen molar-refractivity contribution in [2.75, 3.05) is 19.6 Å². The summed E-state index contributed by atoms with van der Waals surface area (Å²) in [5.74, 6) is 1.00. The summed E-state index contributed by atoms with van der Waals surface area (Å²) in [6.45, 7) is 5.38. The molecule has 1 saturated heterocycles. The first-order valence-corrected chi connectivity index (χ1v) is 6.73. The first-order valence-electron chi connectivity index (χ1n) is 6.73. The lowest BCUT2D eigenvalue weighted by molar-refractivity contribution is 0.0700. The maximum absolute atomic E-state index is 11.9. The van der Waals surface area contributed by atoms with Crippen molar-refractivity contribution < 1.29 is 5.11 Å². The lowest BCUT2D eigenvalue weighted by Gasteiger charge is -2.43. The van der Waals surface area contributed by atoms with Crippen molar-refractivity contribution in [1.82, 2.24) is 9.47 Å². The molecular weight excluding hydrogens is 228 g/mol. The third kappa shape index (κ3) is 2.10. The molecule has 0 saturated carbocycles. The van der Waals surface area contributed by atoms with E-state index in [-0.39, 0.29) is 11.7 Å². The summed E-state index contributed by atoms with van der Waals surface area (Å²) in [5.41, 5.74) is 1.31. The Morgan fingerprint density at radius 2 is 2.22 bits per heavy atom. The van der Waals surface area contributed by atoms with Gasteiger partial charge >= 0.3 is 0 Å². The number of likely N-dealkylation sites (tertiary alicyclic amines) is 1. The molecule has 1 fully saturated rings.